The maximum atomic E-state index is 10.4. The lowest BCUT2D eigenvalue weighted by Crippen LogP contribution is -2.49. The van der Waals surface area contributed by atoms with E-state index in [1.54, 1.807) is 0 Å². The molecule has 0 radical (unpaired) electrons. The highest BCUT2D eigenvalue weighted by Gasteiger charge is 2.36. The molecule has 3 nitrogen and oxygen atoms in total. The Labute approximate surface area is 136 Å². The fraction of sp³-hybridized carbons (Fsp3) is 0.500. The number of hydrogen-bond acceptors (Lipinski definition) is 3. The van der Waals surface area contributed by atoms with Crippen LogP contribution in [0.4, 0.5) is 0 Å². The number of pyridine rings is 1. The molecule has 1 fully saturated rings. The van der Waals surface area contributed by atoms with E-state index in [2.05, 4.69) is 24.0 Å². The zero-order valence-electron chi connectivity index (χ0n) is 13.2. The average Bonchev–Trinajstić information content (AvgIpc) is 2.50. The molecule has 1 saturated heterocycles. The lowest BCUT2D eigenvalue weighted by Gasteiger charge is -2.42. The van der Waals surface area contributed by atoms with Gasteiger partial charge in [0.1, 0.15) is 0 Å². The molecule has 0 aliphatic carbocycles. The number of aliphatic hydroxyl groups is 1. The number of benzene rings is 1. The van der Waals surface area contributed by atoms with Gasteiger partial charge in [0.05, 0.1) is 21.8 Å². The van der Waals surface area contributed by atoms with Gasteiger partial charge in [-0.15, -0.1) is 0 Å². The zero-order chi connectivity index (χ0) is 15.7. The maximum Gasteiger partial charge on any atom is 0.0891 e. The smallest absolute Gasteiger partial charge is 0.0891 e. The van der Waals surface area contributed by atoms with Crippen molar-refractivity contribution in [2.75, 3.05) is 13.1 Å². The second-order valence-corrected chi connectivity index (χ2v) is 6.97. The van der Waals surface area contributed by atoms with E-state index in [1.807, 2.05) is 25.1 Å². The van der Waals surface area contributed by atoms with Gasteiger partial charge in [0.2, 0.25) is 0 Å². The molecule has 0 bridgehead atoms. The SMILES string of the molecule is CC[C@H]1CN(Cc2ccc3cccc(Cl)c3n2)CC[C@@]1(C)O. The molecule has 0 amide bonds. The second kappa shape index (κ2) is 6.15. The van der Waals surface area contributed by atoms with Crippen LogP contribution >= 0.6 is 11.6 Å². The van der Waals surface area contributed by atoms with Gasteiger partial charge in [0.25, 0.3) is 0 Å². The van der Waals surface area contributed by atoms with Crippen molar-refractivity contribution in [2.45, 2.75) is 38.8 Å². The minimum absolute atomic E-state index is 0.324. The van der Waals surface area contributed by atoms with E-state index in [1.165, 1.54) is 0 Å². The number of likely N-dealkylation sites (tertiary alicyclic amines) is 1. The average molecular weight is 319 g/mol. The molecule has 2 atom stereocenters. The van der Waals surface area contributed by atoms with Crippen LogP contribution in [0.3, 0.4) is 0 Å². The zero-order valence-corrected chi connectivity index (χ0v) is 14.0. The summed E-state index contributed by atoms with van der Waals surface area (Å²) in [6, 6.07) is 10.0. The summed E-state index contributed by atoms with van der Waals surface area (Å²) in [5.41, 5.74) is 1.38. The van der Waals surface area contributed by atoms with Gasteiger partial charge in [0, 0.05) is 25.0 Å². The summed E-state index contributed by atoms with van der Waals surface area (Å²) >= 11 is 6.25. The normalized spacial score (nSPS) is 26.5. The van der Waals surface area contributed by atoms with Gasteiger partial charge >= 0.3 is 0 Å². The molecule has 2 aromatic rings. The van der Waals surface area contributed by atoms with E-state index in [0.717, 1.165) is 49.1 Å². The van der Waals surface area contributed by atoms with Crippen molar-refractivity contribution >= 4 is 22.5 Å². The molecule has 0 saturated carbocycles. The standard InChI is InChI=1S/C18H23ClN2O/c1-3-14-11-21(10-9-18(14,2)22)12-15-8-7-13-5-4-6-16(19)17(13)20-15/h4-8,14,22H,3,9-12H2,1-2H3/t14-,18+/m0/s1. The first kappa shape index (κ1) is 15.7. The molecule has 0 unspecified atom stereocenters. The topological polar surface area (TPSA) is 36.4 Å². The van der Waals surface area contributed by atoms with Crippen LogP contribution in [0.2, 0.25) is 5.02 Å². The summed E-state index contributed by atoms with van der Waals surface area (Å²) in [6.45, 7) is 6.76. The van der Waals surface area contributed by atoms with Gasteiger partial charge in [-0.3, -0.25) is 4.90 Å². The van der Waals surface area contributed by atoms with Crippen LogP contribution in [-0.2, 0) is 6.54 Å². The highest BCUT2D eigenvalue weighted by molar-refractivity contribution is 6.35. The quantitative estimate of drug-likeness (QED) is 0.933. The number of fused-ring (bicyclic) bond motifs is 1. The van der Waals surface area contributed by atoms with Crippen molar-refractivity contribution < 1.29 is 5.11 Å². The maximum absolute atomic E-state index is 10.4. The third kappa shape index (κ3) is 3.12. The first-order valence-corrected chi connectivity index (χ1v) is 8.36. The minimum atomic E-state index is -0.536. The van der Waals surface area contributed by atoms with Crippen LogP contribution in [0.5, 0.6) is 0 Å². The molecule has 3 rings (SSSR count). The van der Waals surface area contributed by atoms with Gasteiger partial charge in [-0.05, 0) is 37.8 Å². The predicted molar refractivity (Wildman–Crippen MR) is 91.1 cm³/mol. The van der Waals surface area contributed by atoms with E-state index in [4.69, 9.17) is 16.6 Å². The van der Waals surface area contributed by atoms with E-state index in [9.17, 15) is 5.11 Å². The van der Waals surface area contributed by atoms with Gasteiger partial charge in [-0.1, -0.05) is 36.7 Å². The number of para-hydroxylation sites is 1. The Hall–Kier alpha value is -1.16. The van der Waals surface area contributed by atoms with Crippen LogP contribution in [0.1, 0.15) is 32.4 Å². The molecule has 4 heteroatoms. The molecule has 2 heterocycles. The Balaban J connectivity index is 1.77. The lowest BCUT2D eigenvalue weighted by atomic mass is 9.81. The predicted octanol–water partition coefficient (Wildman–Crippen LogP) is 3.87. The summed E-state index contributed by atoms with van der Waals surface area (Å²) in [5.74, 6) is 0.324. The molecule has 1 aromatic heterocycles. The third-order valence-corrected chi connectivity index (χ3v) is 5.20. The molecule has 1 aliphatic rings. The number of hydrogen-bond donors (Lipinski definition) is 1. The van der Waals surface area contributed by atoms with E-state index >= 15 is 0 Å². The highest BCUT2D eigenvalue weighted by Crippen LogP contribution is 2.30. The summed E-state index contributed by atoms with van der Waals surface area (Å²) in [7, 11) is 0. The monoisotopic (exact) mass is 318 g/mol. The van der Waals surface area contributed by atoms with Crippen LogP contribution in [0.25, 0.3) is 10.9 Å². The molecule has 22 heavy (non-hydrogen) atoms. The lowest BCUT2D eigenvalue weighted by molar-refractivity contribution is -0.0610. The van der Waals surface area contributed by atoms with Crippen LogP contribution in [-0.4, -0.2) is 33.7 Å². The van der Waals surface area contributed by atoms with Crippen LogP contribution < -0.4 is 0 Å². The van der Waals surface area contributed by atoms with E-state index in [0.29, 0.717) is 10.9 Å². The van der Waals surface area contributed by atoms with Gasteiger partial charge in [-0.2, -0.15) is 0 Å². The van der Waals surface area contributed by atoms with Gasteiger partial charge < -0.3 is 5.11 Å². The first-order valence-electron chi connectivity index (χ1n) is 7.98. The molecule has 0 spiro atoms. The fourth-order valence-electron chi connectivity index (χ4n) is 3.37. The van der Waals surface area contributed by atoms with Crippen LogP contribution in [0.15, 0.2) is 30.3 Å². The largest absolute Gasteiger partial charge is 0.390 e. The van der Waals surface area contributed by atoms with Crippen molar-refractivity contribution in [3.8, 4) is 0 Å². The molecule has 1 aliphatic heterocycles. The summed E-state index contributed by atoms with van der Waals surface area (Å²) in [5, 5.41) is 12.2. The van der Waals surface area contributed by atoms with Crippen LogP contribution in [0, 0.1) is 5.92 Å². The molecule has 1 aromatic carbocycles. The van der Waals surface area contributed by atoms with E-state index < -0.39 is 5.60 Å². The number of nitrogens with zero attached hydrogens (tertiary/aromatic N) is 2. The van der Waals surface area contributed by atoms with Crippen molar-refractivity contribution in [3.05, 3.63) is 41.0 Å². The van der Waals surface area contributed by atoms with E-state index in [-0.39, 0.29) is 0 Å². The Kier molecular flexibility index (Phi) is 4.40. The Morgan fingerprint density at radius 3 is 2.95 bits per heavy atom. The number of piperidine rings is 1. The van der Waals surface area contributed by atoms with Crippen molar-refractivity contribution in [1.29, 1.82) is 0 Å². The first-order chi connectivity index (χ1) is 10.5. The molecule has 118 valence electrons. The minimum Gasteiger partial charge on any atom is -0.390 e. The Morgan fingerprint density at radius 2 is 2.18 bits per heavy atom. The fourth-order valence-corrected chi connectivity index (χ4v) is 3.59. The second-order valence-electron chi connectivity index (χ2n) is 6.56. The highest BCUT2D eigenvalue weighted by atomic mass is 35.5. The van der Waals surface area contributed by atoms with Gasteiger partial charge in [-0.25, -0.2) is 4.98 Å². The van der Waals surface area contributed by atoms with Crippen molar-refractivity contribution in [3.63, 3.8) is 0 Å². The summed E-state index contributed by atoms with van der Waals surface area (Å²) < 4.78 is 0. The number of rotatable bonds is 3. The molecular weight excluding hydrogens is 296 g/mol. The summed E-state index contributed by atoms with van der Waals surface area (Å²) in [4.78, 5) is 7.11. The van der Waals surface area contributed by atoms with Crippen molar-refractivity contribution in [1.82, 2.24) is 9.88 Å². The Bertz CT molecular complexity index is 671. The number of aromatic nitrogens is 1. The third-order valence-electron chi connectivity index (χ3n) is 4.90. The molecular formula is C18H23ClN2O. The summed E-state index contributed by atoms with van der Waals surface area (Å²) in [6.07, 6.45) is 1.82. The van der Waals surface area contributed by atoms with Gasteiger partial charge in [0.15, 0.2) is 0 Å². The van der Waals surface area contributed by atoms with Crippen molar-refractivity contribution in [2.24, 2.45) is 5.92 Å². The Morgan fingerprint density at radius 1 is 1.36 bits per heavy atom. The molecule has 1 N–H and O–H groups in total. The number of halogens is 1.